The zero-order chi connectivity index (χ0) is 21.2. The minimum atomic E-state index is -3.70. The lowest BCUT2D eigenvalue weighted by Gasteiger charge is -2.13. The number of hydrogen-bond acceptors (Lipinski definition) is 6. The van der Waals surface area contributed by atoms with Gasteiger partial charge in [-0.2, -0.15) is 18.2 Å². The van der Waals surface area contributed by atoms with E-state index in [1.165, 1.54) is 12.3 Å². The second-order valence-electron chi connectivity index (χ2n) is 5.79. The first kappa shape index (κ1) is 21.6. The highest BCUT2D eigenvalue weighted by Gasteiger charge is 2.17. The molecule has 152 valence electrons. The minimum absolute atomic E-state index is 0.0533. The topological polar surface area (TPSA) is 87.5 Å². The summed E-state index contributed by atoms with van der Waals surface area (Å²) in [6.45, 7) is -0.0533. The van der Waals surface area contributed by atoms with Crippen LogP contribution in [-0.2, 0) is 16.7 Å². The van der Waals surface area contributed by atoms with Crippen molar-refractivity contribution in [3.63, 3.8) is 0 Å². The van der Waals surface area contributed by atoms with Gasteiger partial charge in [0.05, 0.1) is 22.5 Å². The molecule has 0 amide bonds. The molecular weight excluding hydrogens is 507 g/mol. The molecule has 0 spiro atoms. The lowest BCUT2D eigenvalue weighted by atomic mass is 10.2. The smallest absolute Gasteiger partial charge is 0.306 e. The van der Waals surface area contributed by atoms with Crippen LogP contribution in [-0.4, -0.2) is 24.5 Å². The minimum Gasteiger partial charge on any atom is -0.486 e. The highest BCUT2D eigenvalue weighted by atomic mass is 79.9. The van der Waals surface area contributed by atoms with E-state index in [1.54, 1.807) is 36.4 Å². The van der Waals surface area contributed by atoms with E-state index in [1.807, 2.05) is 0 Å². The van der Waals surface area contributed by atoms with E-state index in [0.717, 1.165) is 10.9 Å². The standard InChI is InChI=1S/C18H13BrCl2N2O5S/c1-29(25,26)28-14-8-3-2-5-11(14)10-27-15-9-22-23(18(24)16(15)19)17-12(20)6-4-7-13(17)21/h2-9H,10H2,1H3. The summed E-state index contributed by atoms with van der Waals surface area (Å²) < 4.78 is 34.6. The van der Waals surface area contributed by atoms with Gasteiger partial charge in [-0.05, 0) is 34.1 Å². The average Bonchev–Trinajstić information content (AvgIpc) is 2.64. The quantitative estimate of drug-likeness (QED) is 0.453. The summed E-state index contributed by atoms with van der Waals surface area (Å²) >= 11 is 15.5. The second-order valence-corrected chi connectivity index (χ2v) is 8.98. The lowest BCUT2D eigenvalue weighted by Crippen LogP contribution is -2.23. The van der Waals surface area contributed by atoms with Gasteiger partial charge in [0.25, 0.3) is 5.56 Å². The predicted octanol–water partition coefficient (Wildman–Crippen LogP) is 4.22. The van der Waals surface area contributed by atoms with E-state index >= 15 is 0 Å². The third kappa shape index (κ3) is 5.11. The number of halogens is 3. The maximum absolute atomic E-state index is 12.7. The van der Waals surface area contributed by atoms with Crippen molar-refractivity contribution in [1.29, 1.82) is 0 Å². The van der Waals surface area contributed by atoms with Gasteiger partial charge in [0.15, 0.2) is 5.75 Å². The summed E-state index contributed by atoms with van der Waals surface area (Å²) in [5.41, 5.74) is 0.196. The van der Waals surface area contributed by atoms with E-state index in [0.29, 0.717) is 5.56 Å². The normalized spacial score (nSPS) is 11.3. The van der Waals surface area contributed by atoms with Crippen LogP contribution >= 0.6 is 39.1 Å². The van der Waals surface area contributed by atoms with Crippen molar-refractivity contribution in [3.8, 4) is 17.2 Å². The van der Waals surface area contributed by atoms with Crippen LogP contribution < -0.4 is 14.5 Å². The Bertz CT molecular complexity index is 1210. The molecule has 0 atom stereocenters. The van der Waals surface area contributed by atoms with E-state index in [9.17, 15) is 13.2 Å². The zero-order valence-electron chi connectivity index (χ0n) is 14.8. The summed E-state index contributed by atoms with van der Waals surface area (Å²) in [5.74, 6) is 0.291. The van der Waals surface area contributed by atoms with Crippen LogP contribution in [0.2, 0.25) is 10.0 Å². The molecule has 0 radical (unpaired) electrons. The Morgan fingerprint density at radius 2 is 1.72 bits per heavy atom. The molecule has 0 aliphatic heterocycles. The second kappa shape index (κ2) is 8.74. The van der Waals surface area contributed by atoms with E-state index in [4.69, 9.17) is 32.1 Å². The monoisotopic (exact) mass is 518 g/mol. The molecular formula is C18H13BrCl2N2O5S. The van der Waals surface area contributed by atoms with Crippen molar-refractivity contribution in [2.45, 2.75) is 6.61 Å². The number of rotatable bonds is 6. The lowest BCUT2D eigenvalue weighted by molar-refractivity contribution is 0.297. The zero-order valence-corrected chi connectivity index (χ0v) is 18.7. The third-order valence-electron chi connectivity index (χ3n) is 3.63. The fourth-order valence-electron chi connectivity index (χ4n) is 2.39. The van der Waals surface area contributed by atoms with Gasteiger partial charge in [0.2, 0.25) is 0 Å². The van der Waals surface area contributed by atoms with Crippen molar-refractivity contribution in [1.82, 2.24) is 9.78 Å². The molecule has 3 aromatic rings. The predicted molar refractivity (Wildman–Crippen MR) is 114 cm³/mol. The van der Waals surface area contributed by atoms with Crippen LogP contribution in [0.15, 0.2) is 57.9 Å². The maximum atomic E-state index is 12.7. The Morgan fingerprint density at radius 1 is 1.07 bits per heavy atom. The molecule has 0 saturated carbocycles. The summed E-state index contributed by atoms with van der Waals surface area (Å²) in [5, 5.41) is 4.61. The van der Waals surface area contributed by atoms with Crippen molar-refractivity contribution in [3.05, 3.63) is 79.1 Å². The number of hydrogen-bond donors (Lipinski definition) is 0. The van der Waals surface area contributed by atoms with Gasteiger partial charge in [-0.25, -0.2) is 0 Å². The van der Waals surface area contributed by atoms with Gasteiger partial charge in [0.1, 0.15) is 22.5 Å². The molecule has 3 rings (SSSR count). The number of aromatic nitrogens is 2. The highest BCUT2D eigenvalue weighted by Crippen LogP contribution is 2.29. The fraction of sp³-hybridized carbons (Fsp3) is 0.111. The fourth-order valence-corrected chi connectivity index (χ4v) is 3.82. The van der Waals surface area contributed by atoms with Crippen molar-refractivity contribution < 1.29 is 17.3 Å². The van der Waals surface area contributed by atoms with E-state index in [2.05, 4.69) is 21.0 Å². The van der Waals surface area contributed by atoms with Crippen LogP contribution in [0, 0.1) is 0 Å². The van der Waals surface area contributed by atoms with Crippen molar-refractivity contribution >= 4 is 49.2 Å². The molecule has 0 aliphatic rings. The Balaban J connectivity index is 1.90. The first-order valence-electron chi connectivity index (χ1n) is 8.00. The van der Waals surface area contributed by atoms with Crippen LogP contribution in [0.4, 0.5) is 0 Å². The number of benzene rings is 2. The number of ether oxygens (including phenoxy) is 1. The van der Waals surface area contributed by atoms with Gasteiger partial charge in [-0.15, -0.1) is 0 Å². The summed E-state index contributed by atoms with van der Waals surface area (Å²) in [6.07, 6.45) is 2.27. The van der Waals surface area contributed by atoms with Crippen LogP contribution in [0.5, 0.6) is 11.5 Å². The SMILES string of the molecule is CS(=O)(=O)Oc1ccccc1COc1cnn(-c2c(Cl)cccc2Cl)c(=O)c1Br. The van der Waals surface area contributed by atoms with Gasteiger partial charge < -0.3 is 8.92 Å². The molecule has 1 aromatic heterocycles. The summed E-state index contributed by atoms with van der Waals surface area (Å²) in [7, 11) is -3.70. The molecule has 2 aromatic carbocycles. The average molecular weight is 520 g/mol. The Labute approximate surface area is 185 Å². The van der Waals surface area contributed by atoms with E-state index < -0.39 is 15.7 Å². The van der Waals surface area contributed by atoms with Crippen LogP contribution in [0.3, 0.4) is 0 Å². The molecule has 0 N–H and O–H groups in total. The van der Waals surface area contributed by atoms with E-state index in [-0.39, 0.29) is 38.3 Å². The summed E-state index contributed by atoms with van der Waals surface area (Å²) in [4.78, 5) is 12.7. The molecule has 11 heteroatoms. The largest absolute Gasteiger partial charge is 0.486 e. The first-order valence-corrected chi connectivity index (χ1v) is 11.4. The third-order valence-corrected chi connectivity index (χ3v) is 5.46. The van der Waals surface area contributed by atoms with Crippen molar-refractivity contribution in [2.75, 3.05) is 6.26 Å². The number of para-hydroxylation sites is 2. The Hall–Kier alpha value is -2.07. The van der Waals surface area contributed by atoms with Crippen LogP contribution in [0.25, 0.3) is 5.69 Å². The molecule has 7 nitrogen and oxygen atoms in total. The molecule has 29 heavy (non-hydrogen) atoms. The highest BCUT2D eigenvalue weighted by molar-refractivity contribution is 9.10. The summed E-state index contributed by atoms with van der Waals surface area (Å²) in [6, 6.07) is 11.3. The molecule has 0 fully saturated rings. The Kier molecular flexibility index (Phi) is 6.52. The van der Waals surface area contributed by atoms with Crippen LogP contribution in [0.1, 0.15) is 5.56 Å². The maximum Gasteiger partial charge on any atom is 0.306 e. The van der Waals surface area contributed by atoms with Gasteiger partial charge in [-0.3, -0.25) is 4.79 Å². The van der Waals surface area contributed by atoms with Crippen molar-refractivity contribution in [2.24, 2.45) is 0 Å². The van der Waals surface area contributed by atoms with Gasteiger partial charge in [0, 0.05) is 5.56 Å². The molecule has 0 unspecified atom stereocenters. The molecule has 0 saturated heterocycles. The Morgan fingerprint density at radius 3 is 2.38 bits per heavy atom. The first-order chi connectivity index (χ1) is 13.7. The van der Waals surface area contributed by atoms with Gasteiger partial charge in [-0.1, -0.05) is 47.5 Å². The molecule has 0 aliphatic carbocycles. The number of nitrogens with zero attached hydrogens (tertiary/aromatic N) is 2. The van der Waals surface area contributed by atoms with Gasteiger partial charge >= 0.3 is 10.1 Å². The molecule has 1 heterocycles. The molecule has 0 bridgehead atoms.